The zero-order valence-corrected chi connectivity index (χ0v) is 18.8. The van der Waals surface area contributed by atoms with E-state index in [-0.39, 0.29) is 42.5 Å². The van der Waals surface area contributed by atoms with Gasteiger partial charge < -0.3 is 26.0 Å². The maximum absolute atomic E-state index is 12.6. The molecule has 0 aromatic heterocycles. The zero-order chi connectivity index (χ0) is 22.8. The van der Waals surface area contributed by atoms with E-state index in [0.717, 1.165) is 38.8 Å². The number of carboxylic acid groups (broad SMARTS) is 1. The third-order valence-corrected chi connectivity index (χ3v) is 6.08. The number of carboxylic acids is 1. The Balaban J connectivity index is 1.77. The first kappa shape index (κ1) is 25.1. The minimum atomic E-state index is -1.18. The lowest BCUT2D eigenvalue weighted by atomic mass is 9.92. The average Bonchev–Trinajstić information content (AvgIpc) is 2.74. The third kappa shape index (κ3) is 8.85. The first-order chi connectivity index (χ1) is 14.8. The van der Waals surface area contributed by atoms with E-state index in [4.69, 9.17) is 0 Å². The molecule has 2 fully saturated rings. The van der Waals surface area contributed by atoms with Crippen LogP contribution in [0.5, 0.6) is 0 Å². The molecule has 0 aliphatic carbocycles. The number of rotatable bonds is 10. The molecule has 3 amide bonds. The maximum atomic E-state index is 12.6. The molecule has 2 aliphatic heterocycles. The summed E-state index contributed by atoms with van der Waals surface area (Å²) < 4.78 is 0. The SMILES string of the molecule is CC(C)CC(=O)N[C@@H](CNC(=O)[C@@H]1CCCN(C(=O)CCC2CCNCC2)C1)C(=O)O. The predicted molar refractivity (Wildman–Crippen MR) is 116 cm³/mol. The minimum absolute atomic E-state index is 0.0976. The summed E-state index contributed by atoms with van der Waals surface area (Å²) in [7, 11) is 0. The molecule has 2 atom stereocenters. The summed E-state index contributed by atoms with van der Waals surface area (Å²) in [5, 5.41) is 17.8. The molecule has 0 aromatic rings. The average molecular weight is 439 g/mol. The standard InChI is InChI=1S/C22H38N4O5/c1-15(2)12-19(27)25-18(22(30)31)13-24-21(29)17-4-3-11-26(14-17)20(28)6-5-16-7-9-23-10-8-16/h15-18,23H,3-14H2,1-2H3,(H,24,29)(H,25,27)(H,30,31)/t17-,18+/m1/s1. The molecule has 0 aromatic carbocycles. The van der Waals surface area contributed by atoms with Crippen molar-refractivity contribution in [2.45, 2.75) is 64.8 Å². The van der Waals surface area contributed by atoms with Crippen molar-refractivity contribution in [2.24, 2.45) is 17.8 Å². The van der Waals surface area contributed by atoms with Crippen molar-refractivity contribution in [1.29, 1.82) is 0 Å². The van der Waals surface area contributed by atoms with Gasteiger partial charge in [-0.05, 0) is 57.0 Å². The zero-order valence-electron chi connectivity index (χ0n) is 18.8. The molecule has 9 nitrogen and oxygen atoms in total. The van der Waals surface area contributed by atoms with Crippen LogP contribution in [0.15, 0.2) is 0 Å². The van der Waals surface area contributed by atoms with Gasteiger partial charge in [-0.2, -0.15) is 0 Å². The van der Waals surface area contributed by atoms with E-state index >= 15 is 0 Å². The second kappa shape index (κ2) is 12.6. The molecule has 2 rings (SSSR count). The summed E-state index contributed by atoms with van der Waals surface area (Å²) in [6.07, 6.45) is 5.28. The molecule has 176 valence electrons. The van der Waals surface area contributed by atoms with E-state index in [9.17, 15) is 24.3 Å². The summed E-state index contributed by atoms with van der Waals surface area (Å²) >= 11 is 0. The Labute approximate surface area is 184 Å². The second-order valence-electron chi connectivity index (χ2n) is 9.21. The van der Waals surface area contributed by atoms with Gasteiger partial charge in [-0.3, -0.25) is 14.4 Å². The molecule has 0 radical (unpaired) electrons. The number of amides is 3. The largest absolute Gasteiger partial charge is 0.480 e. The molecule has 2 heterocycles. The fourth-order valence-electron chi connectivity index (χ4n) is 4.24. The summed E-state index contributed by atoms with van der Waals surface area (Å²) in [4.78, 5) is 50.3. The van der Waals surface area contributed by atoms with Crippen molar-refractivity contribution in [3.8, 4) is 0 Å². The van der Waals surface area contributed by atoms with E-state index in [1.54, 1.807) is 4.90 Å². The number of hydrogen-bond donors (Lipinski definition) is 4. The van der Waals surface area contributed by atoms with Gasteiger partial charge in [0.1, 0.15) is 6.04 Å². The molecule has 0 saturated carbocycles. The van der Waals surface area contributed by atoms with Gasteiger partial charge in [-0.1, -0.05) is 13.8 Å². The minimum Gasteiger partial charge on any atom is -0.480 e. The van der Waals surface area contributed by atoms with Crippen molar-refractivity contribution in [3.05, 3.63) is 0 Å². The number of aliphatic carboxylic acids is 1. The van der Waals surface area contributed by atoms with Crippen LogP contribution in [-0.4, -0.2) is 72.5 Å². The van der Waals surface area contributed by atoms with Crippen LogP contribution >= 0.6 is 0 Å². The summed E-state index contributed by atoms with van der Waals surface area (Å²) in [5.74, 6) is -1.34. The van der Waals surface area contributed by atoms with E-state index in [0.29, 0.717) is 31.8 Å². The van der Waals surface area contributed by atoms with Crippen molar-refractivity contribution in [1.82, 2.24) is 20.9 Å². The summed E-state index contributed by atoms with van der Waals surface area (Å²) in [5.41, 5.74) is 0. The van der Waals surface area contributed by atoms with Crippen LogP contribution in [0.2, 0.25) is 0 Å². The van der Waals surface area contributed by atoms with Gasteiger partial charge in [0.2, 0.25) is 17.7 Å². The van der Waals surface area contributed by atoms with Crippen LogP contribution in [0.1, 0.15) is 58.8 Å². The van der Waals surface area contributed by atoms with E-state index in [2.05, 4.69) is 16.0 Å². The van der Waals surface area contributed by atoms with Gasteiger partial charge in [-0.15, -0.1) is 0 Å². The molecule has 0 spiro atoms. The number of carbonyl (C=O) groups is 4. The van der Waals surface area contributed by atoms with Crippen LogP contribution < -0.4 is 16.0 Å². The predicted octanol–water partition coefficient (Wildman–Crippen LogP) is 0.737. The highest BCUT2D eigenvalue weighted by molar-refractivity contribution is 5.85. The quantitative estimate of drug-likeness (QED) is 0.398. The Bertz CT molecular complexity index is 633. The Hall–Kier alpha value is -2.16. The topological polar surface area (TPSA) is 128 Å². The van der Waals surface area contributed by atoms with Crippen molar-refractivity contribution < 1.29 is 24.3 Å². The molecule has 2 saturated heterocycles. The van der Waals surface area contributed by atoms with E-state index < -0.39 is 12.0 Å². The Morgan fingerprint density at radius 2 is 1.84 bits per heavy atom. The van der Waals surface area contributed by atoms with Gasteiger partial charge in [0.15, 0.2) is 0 Å². The first-order valence-corrected chi connectivity index (χ1v) is 11.5. The normalized spacial score (nSPS) is 20.9. The molecular weight excluding hydrogens is 400 g/mol. The summed E-state index contributed by atoms with van der Waals surface area (Å²) in [6.45, 7) is 6.64. The molecule has 4 N–H and O–H groups in total. The van der Waals surface area contributed by atoms with Crippen molar-refractivity contribution >= 4 is 23.7 Å². The number of carbonyl (C=O) groups excluding carboxylic acids is 3. The molecule has 2 aliphatic rings. The lowest BCUT2D eigenvalue weighted by Crippen LogP contribution is -2.51. The number of nitrogens with zero attached hydrogens (tertiary/aromatic N) is 1. The second-order valence-corrected chi connectivity index (χ2v) is 9.21. The van der Waals surface area contributed by atoms with Gasteiger partial charge in [0, 0.05) is 32.5 Å². The smallest absolute Gasteiger partial charge is 0.328 e. The van der Waals surface area contributed by atoms with E-state index in [1.165, 1.54) is 0 Å². The number of piperidine rings is 2. The fourth-order valence-corrected chi connectivity index (χ4v) is 4.24. The molecule has 9 heteroatoms. The highest BCUT2D eigenvalue weighted by atomic mass is 16.4. The van der Waals surface area contributed by atoms with E-state index in [1.807, 2.05) is 13.8 Å². The highest BCUT2D eigenvalue weighted by Gasteiger charge is 2.30. The van der Waals surface area contributed by atoms with Crippen LogP contribution in [0.4, 0.5) is 0 Å². The molecular formula is C22H38N4O5. The fraction of sp³-hybridized carbons (Fsp3) is 0.818. The number of likely N-dealkylation sites (tertiary alicyclic amines) is 1. The van der Waals surface area contributed by atoms with Crippen LogP contribution in [0.3, 0.4) is 0 Å². The van der Waals surface area contributed by atoms with Gasteiger partial charge in [0.05, 0.1) is 5.92 Å². The number of nitrogens with one attached hydrogen (secondary N) is 3. The van der Waals surface area contributed by atoms with Crippen LogP contribution in [-0.2, 0) is 19.2 Å². The van der Waals surface area contributed by atoms with Gasteiger partial charge >= 0.3 is 5.97 Å². The maximum Gasteiger partial charge on any atom is 0.328 e. The monoisotopic (exact) mass is 438 g/mol. The molecule has 0 unspecified atom stereocenters. The highest BCUT2D eigenvalue weighted by Crippen LogP contribution is 2.21. The summed E-state index contributed by atoms with van der Waals surface area (Å²) in [6, 6.07) is -1.17. The van der Waals surface area contributed by atoms with Gasteiger partial charge in [0.25, 0.3) is 0 Å². The van der Waals surface area contributed by atoms with Crippen molar-refractivity contribution in [2.75, 3.05) is 32.7 Å². The lowest BCUT2D eigenvalue weighted by molar-refractivity contribution is -0.142. The Kier molecular flexibility index (Phi) is 10.2. The van der Waals surface area contributed by atoms with Crippen molar-refractivity contribution in [3.63, 3.8) is 0 Å². The van der Waals surface area contributed by atoms with Gasteiger partial charge in [-0.25, -0.2) is 4.79 Å². The first-order valence-electron chi connectivity index (χ1n) is 11.5. The molecule has 0 bridgehead atoms. The Morgan fingerprint density at radius 1 is 1.13 bits per heavy atom. The third-order valence-electron chi connectivity index (χ3n) is 6.08. The molecule has 31 heavy (non-hydrogen) atoms. The van der Waals surface area contributed by atoms with Crippen LogP contribution in [0.25, 0.3) is 0 Å². The lowest BCUT2D eigenvalue weighted by Gasteiger charge is -2.33. The Morgan fingerprint density at radius 3 is 2.48 bits per heavy atom. The number of hydrogen-bond acceptors (Lipinski definition) is 5. The van der Waals surface area contributed by atoms with Crippen LogP contribution in [0, 0.1) is 17.8 Å².